The summed E-state index contributed by atoms with van der Waals surface area (Å²) >= 11 is 3.37. The Labute approximate surface area is 385 Å². The highest BCUT2D eigenvalue weighted by Gasteiger charge is 2.50. The minimum atomic E-state index is -3.49. The van der Waals surface area contributed by atoms with Crippen molar-refractivity contribution in [3.8, 4) is 5.75 Å². The van der Waals surface area contributed by atoms with Gasteiger partial charge in [0, 0.05) is 57.0 Å². The second-order valence-electron chi connectivity index (χ2n) is 17.8. The van der Waals surface area contributed by atoms with Gasteiger partial charge < -0.3 is 30.7 Å². The van der Waals surface area contributed by atoms with Gasteiger partial charge in [0.05, 0.1) is 51.6 Å². The number of aromatic nitrogens is 2. The van der Waals surface area contributed by atoms with Gasteiger partial charge in [0.25, 0.3) is 5.91 Å². The Hall–Kier alpha value is -4.89. The van der Waals surface area contributed by atoms with Crippen molar-refractivity contribution < 1.29 is 46.3 Å². The molecule has 2 aliphatic carbocycles. The number of piperidine rings is 2. The van der Waals surface area contributed by atoms with Crippen LogP contribution in [0.2, 0.25) is 0 Å². The number of hydrogen-bond acceptors (Lipinski definition) is 14. The van der Waals surface area contributed by atoms with Crippen LogP contribution in [0, 0.1) is 23.1 Å². The predicted molar refractivity (Wildman–Crippen MR) is 241 cm³/mol. The molecule has 0 radical (unpaired) electrons. The van der Waals surface area contributed by atoms with E-state index in [0.717, 1.165) is 70.6 Å². The van der Waals surface area contributed by atoms with Crippen molar-refractivity contribution >= 4 is 72.7 Å². The van der Waals surface area contributed by atoms with Crippen molar-refractivity contribution in [2.75, 3.05) is 62.3 Å². The van der Waals surface area contributed by atoms with E-state index in [2.05, 4.69) is 46.7 Å². The summed E-state index contributed by atoms with van der Waals surface area (Å²) in [5.74, 6) is -4.48. The molecule has 1 aromatic heterocycles. The zero-order valence-corrected chi connectivity index (χ0v) is 38.4. The van der Waals surface area contributed by atoms with Crippen LogP contribution in [-0.2, 0) is 24.3 Å². The number of carbonyl (C=O) groups is 5. The van der Waals surface area contributed by atoms with E-state index in [-0.39, 0.29) is 76.8 Å². The number of halogens is 2. The van der Waals surface area contributed by atoms with Gasteiger partial charge in [-0.25, -0.2) is 22.1 Å². The fraction of sp³-hybridized carbons (Fsp3) is 0.533. The number of Topliss-reactive ketones (excluding diaryl/α,β-unsaturated/α-hetero) is 2. The first-order valence-corrected chi connectivity index (χ1v) is 24.7. The molecule has 4 heterocycles. The van der Waals surface area contributed by atoms with Crippen molar-refractivity contribution in [3.63, 3.8) is 0 Å². The van der Waals surface area contributed by atoms with E-state index >= 15 is 0 Å². The number of amides is 3. The third kappa shape index (κ3) is 10.6. The first-order valence-electron chi connectivity index (χ1n) is 22.3. The molecule has 17 nitrogen and oxygen atoms in total. The molecular weight excluding hydrogens is 928 g/mol. The maximum atomic E-state index is 14.3. The average Bonchev–Trinajstić information content (AvgIpc) is 3.52. The molecule has 3 saturated heterocycles. The van der Waals surface area contributed by atoms with Crippen molar-refractivity contribution in [2.24, 2.45) is 23.0 Å². The number of sulfonamides is 1. The van der Waals surface area contributed by atoms with Crippen LogP contribution in [0.3, 0.4) is 0 Å². The van der Waals surface area contributed by atoms with Crippen LogP contribution in [0.5, 0.6) is 5.75 Å². The van der Waals surface area contributed by atoms with Crippen molar-refractivity contribution in [1.82, 2.24) is 24.5 Å². The minimum absolute atomic E-state index is 0.0698. The number of rotatable bonds is 18. The fourth-order valence-electron chi connectivity index (χ4n) is 9.91. The number of likely N-dealkylation sites (tertiary alicyclic amines) is 1. The lowest BCUT2D eigenvalue weighted by Gasteiger charge is -2.53. The second-order valence-corrected chi connectivity index (χ2v) is 20.8. The summed E-state index contributed by atoms with van der Waals surface area (Å²) in [6, 6.07) is 9.10. The Kier molecular flexibility index (Phi) is 14.3. The number of carbonyl (C=O) groups excluding carboxylic acids is 5. The third-order valence-electron chi connectivity index (χ3n) is 13.4. The first kappa shape index (κ1) is 46.6. The van der Waals surface area contributed by atoms with E-state index in [4.69, 9.17) is 15.2 Å². The highest BCUT2D eigenvalue weighted by atomic mass is 79.9. The largest absolute Gasteiger partial charge is 0.490 e. The topological polar surface area (TPSA) is 232 Å². The summed E-state index contributed by atoms with van der Waals surface area (Å²) in [6.07, 6.45) is 9.43. The van der Waals surface area contributed by atoms with Crippen molar-refractivity contribution in [2.45, 2.75) is 82.8 Å². The van der Waals surface area contributed by atoms with Gasteiger partial charge in [-0.3, -0.25) is 29.3 Å². The normalized spacial score (nSPS) is 21.8. The molecule has 3 aromatic rings. The standard InChI is InChI=1S/C45H54BrFN8O9S/c46-31-24-49-44(53-42(31)51-33-8-5-7-32(47)38(33)41(48)59)50-27-14-19-55(20-15-27)65(61,62)23-22-63-21-3-1-2-18-54-25-45(26-54)16-12-28(13-17-45)64-34-9-4-6-29-36(34)40(58)37(39(29)57)30-10-11-35(56)52-43(30)60/h4-9,24,27-28,30,37H,1-3,10-23,25-26H2,(H2,48,59)(H,52,56,60)(H2,49,50,51,53). The fourth-order valence-corrected chi connectivity index (χ4v) is 11.5. The Bertz CT molecular complexity index is 2440. The quantitative estimate of drug-likeness (QED) is 0.0748. The maximum Gasteiger partial charge on any atom is 0.253 e. The number of nitrogens with zero attached hydrogens (tertiary/aromatic N) is 4. The average molecular weight is 982 g/mol. The number of nitrogens with two attached hydrogens (primary N) is 1. The van der Waals surface area contributed by atoms with Crippen LogP contribution in [0.15, 0.2) is 47.1 Å². The molecule has 1 spiro atoms. The number of ether oxygens (including phenoxy) is 2. The number of benzene rings is 2. The zero-order chi connectivity index (χ0) is 45.9. The molecule has 20 heteroatoms. The monoisotopic (exact) mass is 980 g/mol. The first-order chi connectivity index (χ1) is 31.2. The number of nitrogens with one attached hydrogen (secondary N) is 3. The highest BCUT2D eigenvalue weighted by molar-refractivity contribution is 9.10. The molecule has 4 fully saturated rings. The summed E-state index contributed by atoms with van der Waals surface area (Å²) < 4.78 is 54.6. The van der Waals surface area contributed by atoms with Gasteiger partial charge in [0.15, 0.2) is 11.6 Å². The van der Waals surface area contributed by atoms with E-state index in [0.29, 0.717) is 54.5 Å². The van der Waals surface area contributed by atoms with Gasteiger partial charge >= 0.3 is 0 Å². The number of ketones is 2. The number of primary amides is 1. The van der Waals surface area contributed by atoms with E-state index in [1.54, 1.807) is 18.2 Å². The number of anilines is 3. The van der Waals surface area contributed by atoms with Gasteiger partial charge in [-0.05, 0) is 110 Å². The lowest BCUT2D eigenvalue weighted by molar-refractivity contribution is -0.137. The molecule has 5 N–H and O–H groups in total. The lowest BCUT2D eigenvalue weighted by Crippen LogP contribution is -2.58. The molecule has 2 atom stereocenters. The summed E-state index contributed by atoms with van der Waals surface area (Å²) in [5, 5.41) is 8.46. The van der Waals surface area contributed by atoms with E-state index in [1.165, 1.54) is 22.6 Å². The van der Waals surface area contributed by atoms with Crippen LogP contribution in [0.4, 0.5) is 21.8 Å². The molecule has 348 valence electrons. The van der Waals surface area contributed by atoms with Gasteiger partial charge in [-0.15, -0.1) is 0 Å². The van der Waals surface area contributed by atoms with E-state index in [9.17, 15) is 36.8 Å². The van der Waals surface area contributed by atoms with Crippen molar-refractivity contribution in [3.05, 3.63) is 69.6 Å². The van der Waals surface area contributed by atoms with Crippen molar-refractivity contribution in [1.29, 1.82) is 0 Å². The minimum Gasteiger partial charge on any atom is -0.490 e. The zero-order valence-electron chi connectivity index (χ0n) is 36.0. The van der Waals surface area contributed by atoms with Gasteiger partial charge in [0.1, 0.15) is 17.4 Å². The van der Waals surface area contributed by atoms with Gasteiger partial charge in [-0.1, -0.05) is 18.2 Å². The molecular formula is C45H54BrFN8O9S. The number of hydrogen-bond donors (Lipinski definition) is 4. The molecule has 3 aliphatic heterocycles. The SMILES string of the molecule is NC(=O)c1c(F)cccc1Nc1nc(NC2CCN(S(=O)(=O)CCOCCCCCN3CC4(CCC(Oc5cccc6c5C(=O)C(C5CCC(=O)NC5=O)C6=O)CC4)C3)CC2)ncc1Br. The molecule has 0 bridgehead atoms. The Morgan fingerprint density at radius 1 is 0.969 bits per heavy atom. The third-order valence-corrected chi connectivity index (χ3v) is 15.8. The Balaban J connectivity index is 0.681. The molecule has 3 amide bonds. The smallest absolute Gasteiger partial charge is 0.253 e. The molecule has 2 unspecified atom stereocenters. The molecule has 65 heavy (non-hydrogen) atoms. The van der Waals surface area contributed by atoms with Crippen LogP contribution >= 0.6 is 15.9 Å². The lowest BCUT2D eigenvalue weighted by atomic mass is 9.68. The summed E-state index contributed by atoms with van der Waals surface area (Å²) in [5.41, 5.74) is 6.07. The predicted octanol–water partition coefficient (Wildman–Crippen LogP) is 4.99. The maximum absolute atomic E-state index is 14.3. The molecule has 8 rings (SSSR count). The number of unbranched alkanes of at least 4 members (excludes halogenated alkanes) is 2. The van der Waals surface area contributed by atoms with Crippen LogP contribution in [0.1, 0.15) is 102 Å². The summed E-state index contributed by atoms with van der Waals surface area (Å²) in [7, 11) is -3.49. The van der Waals surface area contributed by atoms with Gasteiger partial charge in [-0.2, -0.15) is 4.98 Å². The Morgan fingerprint density at radius 2 is 1.72 bits per heavy atom. The number of imide groups is 1. The number of fused-ring (bicyclic) bond motifs is 1. The summed E-state index contributed by atoms with van der Waals surface area (Å²) in [6.45, 7) is 4.40. The second kappa shape index (κ2) is 19.9. The molecule has 2 aromatic carbocycles. The van der Waals surface area contributed by atoms with E-state index < -0.39 is 45.3 Å². The van der Waals surface area contributed by atoms with E-state index in [1.807, 2.05) is 0 Å². The Morgan fingerprint density at radius 3 is 2.46 bits per heavy atom. The highest BCUT2D eigenvalue weighted by Crippen LogP contribution is 2.46. The van der Waals surface area contributed by atoms with Crippen LogP contribution in [-0.4, -0.2) is 121 Å². The van der Waals surface area contributed by atoms with Crippen LogP contribution in [0.25, 0.3) is 0 Å². The summed E-state index contributed by atoms with van der Waals surface area (Å²) in [4.78, 5) is 74.1. The molecule has 5 aliphatic rings. The molecule has 1 saturated carbocycles. The van der Waals surface area contributed by atoms with Gasteiger partial charge in [0.2, 0.25) is 27.8 Å². The van der Waals surface area contributed by atoms with Crippen LogP contribution < -0.4 is 26.4 Å².